The van der Waals surface area contributed by atoms with Crippen LogP contribution >= 0.6 is 0 Å². The smallest absolute Gasteiger partial charge is 0.136 e. The van der Waals surface area contributed by atoms with E-state index in [-0.39, 0.29) is 11.9 Å². The molecule has 1 aromatic carbocycles. The first-order valence-corrected chi connectivity index (χ1v) is 6.25. The Bertz CT molecular complexity index is 571. The van der Waals surface area contributed by atoms with Crippen molar-refractivity contribution in [2.45, 2.75) is 18.9 Å². The van der Waals surface area contributed by atoms with Gasteiger partial charge in [-0.05, 0) is 36.4 Å². The summed E-state index contributed by atoms with van der Waals surface area (Å²) in [5, 5.41) is 21.3. The molecule has 1 aromatic heterocycles. The Balaban J connectivity index is 2.07. The first-order chi connectivity index (χ1) is 8.74. The molecule has 0 bridgehead atoms. The summed E-state index contributed by atoms with van der Waals surface area (Å²) in [6.45, 7) is 1.51. The van der Waals surface area contributed by atoms with Crippen LogP contribution in [-0.4, -0.2) is 34.4 Å². The molecule has 94 valence electrons. The highest BCUT2D eigenvalue weighted by atomic mass is 16.3. The van der Waals surface area contributed by atoms with Gasteiger partial charge in [0.2, 0.25) is 0 Å². The van der Waals surface area contributed by atoms with Crippen LogP contribution in [0.3, 0.4) is 0 Å². The molecule has 0 saturated carbocycles. The second kappa shape index (κ2) is 4.46. The number of hydrogen-bond donors (Lipinski definition) is 2. The van der Waals surface area contributed by atoms with E-state index in [4.69, 9.17) is 0 Å². The summed E-state index contributed by atoms with van der Waals surface area (Å²) in [5.41, 5.74) is 0. The van der Waals surface area contributed by atoms with E-state index in [2.05, 4.69) is 9.88 Å². The molecule has 1 fully saturated rings. The van der Waals surface area contributed by atoms with Gasteiger partial charge in [-0.2, -0.15) is 0 Å². The van der Waals surface area contributed by atoms with Crippen molar-refractivity contribution in [1.82, 2.24) is 4.98 Å². The lowest BCUT2D eigenvalue weighted by Crippen LogP contribution is -2.38. The number of β-amino-alcohol motifs (C(OH)–C–C–N with tert-alkyl or cyclic N) is 1. The molecule has 0 radical (unpaired) electrons. The molecule has 3 rings (SSSR count). The van der Waals surface area contributed by atoms with Gasteiger partial charge in [0.15, 0.2) is 0 Å². The van der Waals surface area contributed by atoms with Crippen LogP contribution < -0.4 is 4.90 Å². The summed E-state index contributed by atoms with van der Waals surface area (Å²) in [4.78, 5) is 6.50. The topological polar surface area (TPSA) is 56.6 Å². The molecular weight excluding hydrogens is 228 g/mol. The predicted octanol–water partition coefficient (Wildman–Crippen LogP) is 1.90. The molecule has 1 atom stereocenters. The fourth-order valence-electron chi connectivity index (χ4n) is 2.54. The Kier molecular flexibility index (Phi) is 2.80. The normalized spacial score (nSPS) is 20.3. The maximum Gasteiger partial charge on any atom is 0.136 e. The van der Waals surface area contributed by atoms with Crippen LogP contribution in [0.1, 0.15) is 12.8 Å². The molecule has 1 aliphatic heterocycles. The van der Waals surface area contributed by atoms with Crippen LogP contribution in [0, 0.1) is 0 Å². The number of aromatic hydroxyl groups is 1. The number of fused-ring (bicyclic) bond motifs is 1. The second-order valence-electron chi connectivity index (χ2n) is 4.78. The van der Waals surface area contributed by atoms with Gasteiger partial charge in [-0.15, -0.1) is 0 Å². The number of phenolic OH excluding ortho intramolecular Hbond substituents is 1. The minimum Gasteiger partial charge on any atom is -0.508 e. The van der Waals surface area contributed by atoms with Crippen LogP contribution in [-0.2, 0) is 0 Å². The van der Waals surface area contributed by atoms with Crippen molar-refractivity contribution in [3.05, 3.63) is 30.5 Å². The maximum absolute atomic E-state index is 9.75. The fourth-order valence-corrected chi connectivity index (χ4v) is 2.54. The minimum atomic E-state index is -0.284. The zero-order valence-electron chi connectivity index (χ0n) is 10.1. The van der Waals surface area contributed by atoms with E-state index in [1.54, 1.807) is 18.3 Å². The van der Waals surface area contributed by atoms with Gasteiger partial charge in [-0.3, -0.25) is 0 Å². The average molecular weight is 244 g/mol. The van der Waals surface area contributed by atoms with Crippen molar-refractivity contribution in [3.63, 3.8) is 0 Å². The highest BCUT2D eigenvalue weighted by Crippen LogP contribution is 2.29. The highest BCUT2D eigenvalue weighted by molar-refractivity contribution is 5.93. The van der Waals surface area contributed by atoms with E-state index in [0.717, 1.165) is 36.0 Å². The van der Waals surface area contributed by atoms with Crippen molar-refractivity contribution in [2.24, 2.45) is 0 Å². The van der Waals surface area contributed by atoms with Crippen LogP contribution in [0.15, 0.2) is 30.5 Å². The molecule has 4 heteroatoms. The maximum atomic E-state index is 9.75. The van der Waals surface area contributed by atoms with E-state index < -0.39 is 0 Å². The Hall–Kier alpha value is -1.81. The molecule has 18 heavy (non-hydrogen) atoms. The average Bonchev–Trinajstić information content (AvgIpc) is 2.38. The van der Waals surface area contributed by atoms with Gasteiger partial charge < -0.3 is 15.1 Å². The van der Waals surface area contributed by atoms with E-state index in [9.17, 15) is 10.2 Å². The quantitative estimate of drug-likeness (QED) is 0.804. The summed E-state index contributed by atoms with van der Waals surface area (Å²) in [5.74, 6) is 1.09. The van der Waals surface area contributed by atoms with Crippen LogP contribution in [0.4, 0.5) is 5.82 Å². The van der Waals surface area contributed by atoms with Gasteiger partial charge in [-0.1, -0.05) is 6.07 Å². The molecule has 0 spiro atoms. The molecule has 2 N–H and O–H groups in total. The van der Waals surface area contributed by atoms with Gasteiger partial charge in [0.25, 0.3) is 0 Å². The highest BCUT2D eigenvalue weighted by Gasteiger charge is 2.20. The molecular formula is C14H16N2O2. The van der Waals surface area contributed by atoms with Gasteiger partial charge in [-0.25, -0.2) is 4.98 Å². The summed E-state index contributed by atoms with van der Waals surface area (Å²) in [6, 6.07) is 7.23. The van der Waals surface area contributed by atoms with Gasteiger partial charge in [0, 0.05) is 24.7 Å². The Morgan fingerprint density at radius 2 is 2.17 bits per heavy atom. The number of aliphatic hydroxyl groups is 1. The zero-order valence-corrected chi connectivity index (χ0v) is 10.1. The first kappa shape index (κ1) is 11.3. The molecule has 0 aliphatic carbocycles. The molecule has 1 saturated heterocycles. The van der Waals surface area contributed by atoms with Crippen LogP contribution in [0.2, 0.25) is 0 Å². The summed E-state index contributed by atoms with van der Waals surface area (Å²) in [7, 11) is 0. The van der Waals surface area contributed by atoms with Crippen molar-refractivity contribution >= 4 is 16.6 Å². The Labute approximate surface area is 105 Å². The molecule has 0 amide bonds. The lowest BCUT2D eigenvalue weighted by atomic mass is 10.1. The van der Waals surface area contributed by atoms with Crippen molar-refractivity contribution in [2.75, 3.05) is 18.0 Å². The van der Waals surface area contributed by atoms with Gasteiger partial charge in [0.05, 0.1) is 6.10 Å². The lowest BCUT2D eigenvalue weighted by molar-refractivity contribution is 0.154. The predicted molar refractivity (Wildman–Crippen MR) is 70.9 cm³/mol. The fraction of sp³-hybridized carbons (Fsp3) is 0.357. The van der Waals surface area contributed by atoms with Crippen LogP contribution in [0.5, 0.6) is 5.75 Å². The molecule has 4 nitrogen and oxygen atoms in total. The van der Waals surface area contributed by atoms with E-state index in [0.29, 0.717) is 6.54 Å². The monoisotopic (exact) mass is 244 g/mol. The number of piperidine rings is 1. The third kappa shape index (κ3) is 1.99. The molecule has 2 heterocycles. The van der Waals surface area contributed by atoms with Gasteiger partial charge in [0.1, 0.15) is 11.6 Å². The lowest BCUT2D eigenvalue weighted by Gasteiger charge is -2.31. The number of anilines is 1. The number of pyridine rings is 1. The van der Waals surface area contributed by atoms with Crippen molar-refractivity contribution in [3.8, 4) is 5.75 Å². The molecule has 2 aromatic rings. The number of nitrogens with zero attached hydrogens (tertiary/aromatic N) is 2. The summed E-state index contributed by atoms with van der Waals surface area (Å²) >= 11 is 0. The molecule has 0 unspecified atom stereocenters. The molecule has 1 aliphatic rings. The first-order valence-electron chi connectivity index (χ1n) is 6.25. The number of benzene rings is 1. The Morgan fingerprint density at radius 3 is 3.00 bits per heavy atom. The summed E-state index contributed by atoms with van der Waals surface area (Å²) in [6.07, 6.45) is 3.31. The number of hydrogen-bond acceptors (Lipinski definition) is 4. The van der Waals surface area contributed by atoms with Crippen LogP contribution in [0.25, 0.3) is 10.8 Å². The Morgan fingerprint density at radius 1 is 1.28 bits per heavy atom. The number of aromatic nitrogens is 1. The minimum absolute atomic E-state index is 0.245. The van der Waals surface area contributed by atoms with Crippen molar-refractivity contribution in [1.29, 1.82) is 0 Å². The van der Waals surface area contributed by atoms with Gasteiger partial charge >= 0.3 is 0 Å². The summed E-state index contributed by atoms with van der Waals surface area (Å²) < 4.78 is 0. The van der Waals surface area contributed by atoms with E-state index in [1.807, 2.05) is 12.1 Å². The standard InChI is InChI=1S/C14H16N2O2/c17-11-4-3-10-5-6-15-14(13(10)8-11)16-7-1-2-12(18)9-16/h3-6,8,12,17-18H,1-2,7,9H2/t12-/m0/s1. The number of phenols is 1. The van der Waals surface area contributed by atoms with Crippen molar-refractivity contribution < 1.29 is 10.2 Å². The SMILES string of the molecule is Oc1ccc2ccnc(N3CCC[C@H](O)C3)c2c1. The third-order valence-electron chi connectivity index (χ3n) is 3.42. The third-order valence-corrected chi connectivity index (χ3v) is 3.42. The second-order valence-corrected chi connectivity index (χ2v) is 4.78. The largest absolute Gasteiger partial charge is 0.508 e. The number of aliphatic hydroxyl groups excluding tert-OH is 1. The van der Waals surface area contributed by atoms with E-state index in [1.165, 1.54) is 0 Å². The van der Waals surface area contributed by atoms with E-state index >= 15 is 0 Å². The zero-order chi connectivity index (χ0) is 12.5. The number of rotatable bonds is 1.